The standard InChI is InChI=1S/C22H34N4/c1-3-5-6-8-16(4-2)19-15-17(23)11-12-22(19,24)18-9-7-10-20-21(18)26-14-13-25-20/h7,9-10,13-14,16-17,19H,3-6,8,11-12,15,23-24H2,1-2H3. The van der Waals surface area contributed by atoms with E-state index in [1.807, 2.05) is 6.07 Å². The lowest BCUT2D eigenvalue weighted by molar-refractivity contribution is 0.102. The number of unbranched alkanes of at least 4 members (excludes halogenated alkanes) is 2. The Bertz CT molecular complexity index is 711. The van der Waals surface area contributed by atoms with Crippen LogP contribution < -0.4 is 11.5 Å². The maximum absolute atomic E-state index is 7.21. The molecule has 0 aliphatic heterocycles. The van der Waals surface area contributed by atoms with Crippen molar-refractivity contribution in [3.8, 4) is 0 Å². The van der Waals surface area contributed by atoms with E-state index in [1.54, 1.807) is 12.4 Å². The van der Waals surface area contributed by atoms with Crippen LogP contribution in [0, 0.1) is 11.8 Å². The molecule has 1 heterocycles. The number of aromatic nitrogens is 2. The first-order chi connectivity index (χ1) is 12.6. The fraction of sp³-hybridized carbons (Fsp3) is 0.636. The van der Waals surface area contributed by atoms with Crippen LogP contribution in [-0.2, 0) is 5.54 Å². The molecule has 1 aromatic carbocycles. The average molecular weight is 355 g/mol. The lowest BCUT2D eigenvalue weighted by Crippen LogP contribution is -2.53. The van der Waals surface area contributed by atoms with E-state index in [9.17, 15) is 0 Å². The van der Waals surface area contributed by atoms with Gasteiger partial charge in [-0.15, -0.1) is 0 Å². The third-order valence-corrected chi connectivity index (χ3v) is 6.42. The van der Waals surface area contributed by atoms with Gasteiger partial charge in [-0.2, -0.15) is 0 Å². The zero-order valence-corrected chi connectivity index (χ0v) is 16.3. The van der Waals surface area contributed by atoms with Crippen LogP contribution in [0.3, 0.4) is 0 Å². The van der Waals surface area contributed by atoms with Gasteiger partial charge in [-0.1, -0.05) is 58.1 Å². The molecule has 0 radical (unpaired) electrons. The van der Waals surface area contributed by atoms with Crippen molar-refractivity contribution in [2.75, 3.05) is 0 Å². The van der Waals surface area contributed by atoms with Crippen LogP contribution in [0.25, 0.3) is 11.0 Å². The minimum absolute atomic E-state index is 0.262. The minimum atomic E-state index is -0.363. The van der Waals surface area contributed by atoms with Gasteiger partial charge >= 0.3 is 0 Å². The molecule has 1 aromatic heterocycles. The van der Waals surface area contributed by atoms with Crippen LogP contribution in [0.5, 0.6) is 0 Å². The Balaban J connectivity index is 1.99. The molecule has 4 unspecified atom stereocenters. The van der Waals surface area contributed by atoms with Gasteiger partial charge in [0.15, 0.2) is 0 Å². The molecule has 4 atom stereocenters. The highest BCUT2D eigenvalue weighted by atomic mass is 14.8. The van der Waals surface area contributed by atoms with Crippen LogP contribution >= 0.6 is 0 Å². The molecule has 1 aliphatic carbocycles. The fourth-order valence-corrected chi connectivity index (χ4v) is 4.93. The molecular formula is C22H34N4. The second-order valence-corrected chi connectivity index (χ2v) is 8.08. The number of fused-ring (bicyclic) bond motifs is 1. The monoisotopic (exact) mass is 354 g/mol. The van der Waals surface area contributed by atoms with Crippen molar-refractivity contribution in [3.05, 3.63) is 36.2 Å². The van der Waals surface area contributed by atoms with E-state index in [1.165, 1.54) is 25.7 Å². The second-order valence-electron chi connectivity index (χ2n) is 8.08. The highest BCUT2D eigenvalue weighted by Gasteiger charge is 2.45. The van der Waals surface area contributed by atoms with Crippen molar-refractivity contribution in [1.29, 1.82) is 0 Å². The summed E-state index contributed by atoms with van der Waals surface area (Å²) in [5.41, 5.74) is 16.3. The molecule has 2 aromatic rings. The lowest BCUT2D eigenvalue weighted by atomic mass is 9.62. The number of para-hydroxylation sites is 1. The Kier molecular flexibility index (Phi) is 6.25. The number of hydrogen-bond donors (Lipinski definition) is 2. The molecule has 3 rings (SSSR count). The predicted molar refractivity (Wildman–Crippen MR) is 109 cm³/mol. The number of nitrogens with zero attached hydrogens (tertiary/aromatic N) is 2. The molecule has 4 N–H and O–H groups in total. The average Bonchev–Trinajstić information content (AvgIpc) is 2.67. The van der Waals surface area contributed by atoms with Crippen LogP contribution in [0.4, 0.5) is 0 Å². The topological polar surface area (TPSA) is 77.8 Å². The second kappa shape index (κ2) is 8.45. The summed E-state index contributed by atoms with van der Waals surface area (Å²) in [6.45, 7) is 4.57. The van der Waals surface area contributed by atoms with Gasteiger partial charge in [0.25, 0.3) is 0 Å². The van der Waals surface area contributed by atoms with E-state index in [0.717, 1.165) is 42.3 Å². The van der Waals surface area contributed by atoms with Gasteiger partial charge in [0.1, 0.15) is 0 Å². The summed E-state index contributed by atoms with van der Waals surface area (Å²) in [6.07, 6.45) is 12.7. The summed E-state index contributed by atoms with van der Waals surface area (Å²) >= 11 is 0. The highest BCUT2D eigenvalue weighted by molar-refractivity contribution is 5.78. The van der Waals surface area contributed by atoms with E-state index < -0.39 is 0 Å². The Morgan fingerprint density at radius 1 is 1.19 bits per heavy atom. The zero-order valence-electron chi connectivity index (χ0n) is 16.3. The SMILES string of the molecule is CCCCCC(CC)C1CC(N)CCC1(N)c1cccc2nccnc12. The smallest absolute Gasteiger partial charge is 0.0937 e. The first-order valence-corrected chi connectivity index (χ1v) is 10.3. The third-order valence-electron chi connectivity index (χ3n) is 6.42. The molecule has 0 spiro atoms. The van der Waals surface area contributed by atoms with E-state index in [-0.39, 0.29) is 11.6 Å². The molecule has 1 saturated carbocycles. The molecule has 4 heteroatoms. The molecule has 1 aliphatic rings. The summed E-state index contributed by atoms with van der Waals surface area (Å²) < 4.78 is 0. The molecular weight excluding hydrogens is 320 g/mol. The Labute approximate surface area is 157 Å². The Morgan fingerprint density at radius 2 is 2.00 bits per heavy atom. The van der Waals surface area contributed by atoms with Gasteiger partial charge in [-0.25, -0.2) is 0 Å². The molecule has 0 saturated heterocycles. The molecule has 0 bridgehead atoms. The Morgan fingerprint density at radius 3 is 2.77 bits per heavy atom. The zero-order chi connectivity index (χ0) is 18.6. The van der Waals surface area contributed by atoms with Crippen LogP contribution in [-0.4, -0.2) is 16.0 Å². The van der Waals surface area contributed by atoms with Gasteiger partial charge in [0.2, 0.25) is 0 Å². The summed E-state index contributed by atoms with van der Waals surface area (Å²) in [7, 11) is 0. The molecule has 4 nitrogen and oxygen atoms in total. The number of benzene rings is 1. The van der Waals surface area contributed by atoms with Crippen LogP contribution in [0.2, 0.25) is 0 Å². The first-order valence-electron chi connectivity index (χ1n) is 10.3. The van der Waals surface area contributed by atoms with Gasteiger partial charge in [-0.05, 0) is 37.2 Å². The summed E-state index contributed by atoms with van der Waals surface area (Å²) in [5.74, 6) is 1.02. The number of hydrogen-bond acceptors (Lipinski definition) is 4. The fourth-order valence-electron chi connectivity index (χ4n) is 4.93. The van der Waals surface area contributed by atoms with Gasteiger partial charge in [-0.3, -0.25) is 9.97 Å². The number of nitrogens with two attached hydrogens (primary N) is 2. The Hall–Kier alpha value is -1.52. The van der Waals surface area contributed by atoms with Crippen LogP contribution in [0.15, 0.2) is 30.6 Å². The van der Waals surface area contributed by atoms with Crippen molar-refractivity contribution >= 4 is 11.0 Å². The number of rotatable bonds is 7. The van der Waals surface area contributed by atoms with Crippen LogP contribution in [0.1, 0.15) is 70.8 Å². The maximum atomic E-state index is 7.21. The quantitative estimate of drug-likeness (QED) is 0.717. The van der Waals surface area contributed by atoms with E-state index >= 15 is 0 Å². The third kappa shape index (κ3) is 3.77. The first kappa shape index (κ1) is 19.2. The van der Waals surface area contributed by atoms with Gasteiger partial charge in [0.05, 0.1) is 11.0 Å². The highest BCUT2D eigenvalue weighted by Crippen LogP contribution is 2.46. The largest absolute Gasteiger partial charge is 0.328 e. The van der Waals surface area contributed by atoms with E-state index in [2.05, 4.69) is 35.9 Å². The molecule has 142 valence electrons. The van der Waals surface area contributed by atoms with Crippen molar-refractivity contribution in [2.45, 2.75) is 76.8 Å². The van der Waals surface area contributed by atoms with Crippen molar-refractivity contribution in [2.24, 2.45) is 23.3 Å². The van der Waals surface area contributed by atoms with Crippen molar-refractivity contribution in [1.82, 2.24) is 9.97 Å². The van der Waals surface area contributed by atoms with E-state index in [4.69, 9.17) is 11.5 Å². The minimum Gasteiger partial charge on any atom is -0.328 e. The summed E-state index contributed by atoms with van der Waals surface area (Å²) in [5, 5.41) is 0. The van der Waals surface area contributed by atoms with Crippen molar-refractivity contribution in [3.63, 3.8) is 0 Å². The molecule has 0 amide bonds. The lowest BCUT2D eigenvalue weighted by Gasteiger charge is -2.47. The summed E-state index contributed by atoms with van der Waals surface area (Å²) in [4.78, 5) is 9.13. The van der Waals surface area contributed by atoms with Crippen molar-refractivity contribution < 1.29 is 0 Å². The summed E-state index contributed by atoms with van der Waals surface area (Å²) in [6, 6.07) is 6.53. The van der Waals surface area contributed by atoms with Gasteiger partial charge < -0.3 is 11.5 Å². The van der Waals surface area contributed by atoms with Gasteiger partial charge in [0, 0.05) is 29.5 Å². The molecule has 1 fully saturated rings. The maximum Gasteiger partial charge on any atom is 0.0937 e. The van der Waals surface area contributed by atoms with E-state index in [0.29, 0.717) is 11.8 Å². The predicted octanol–water partition coefficient (Wildman–Crippen LogP) is 4.52. The molecule has 26 heavy (non-hydrogen) atoms. The normalized spacial score (nSPS) is 27.5.